The maximum absolute atomic E-state index is 15.2. The molecule has 1 fully saturated rings. The Morgan fingerprint density at radius 3 is 2.54 bits per heavy atom. The van der Waals surface area contributed by atoms with Gasteiger partial charge in [-0.3, -0.25) is 9.48 Å². The van der Waals surface area contributed by atoms with Crippen LogP contribution < -0.4 is 5.73 Å². The molecule has 0 spiro atoms. The molecule has 2 N–H and O–H groups in total. The average molecular weight is 487 g/mol. The largest absolute Gasteiger partial charge is 0.416 e. The second-order valence-corrected chi connectivity index (χ2v) is 8.61. The van der Waals surface area contributed by atoms with Crippen LogP contribution in [0, 0.1) is 5.82 Å². The Kier molecular flexibility index (Phi) is 5.39. The van der Waals surface area contributed by atoms with Gasteiger partial charge in [0.05, 0.1) is 48.1 Å². The average Bonchev–Trinajstić information content (AvgIpc) is 3.20. The summed E-state index contributed by atoms with van der Waals surface area (Å²) >= 11 is 0. The van der Waals surface area contributed by atoms with Gasteiger partial charge in [-0.1, -0.05) is 12.1 Å². The van der Waals surface area contributed by atoms with Crippen LogP contribution in [0.3, 0.4) is 0 Å². The van der Waals surface area contributed by atoms with E-state index in [4.69, 9.17) is 10.5 Å². The molecule has 0 saturated carbocycles. The van der Waals surface area contributed by atoms with Crippen LogP contribution in [-0.2, 0) is 18.0 Å². The molecule has 0 unspecified atom stereocenters. The summed E-state index contributed by atoms with van der Waals surface area (Å²) in [6.07, 6.45) is -2.90. The zero-order chi connectivity index (χ0) is 25.1. The third kappa shape index (κ3) is 3.85. The summed E-state index contributed by atoms with van der Waals surface area (Å²) in [4.78, 5) is 19.4. The normalized spacial score (nSPS) is 19.0. The van der Waals surface area contributed by atoms with Crippen molar-refractivity contribution >= 4 is 33.5 Å². The quantitative estimate of drug-likeness (QED) is 0.422. The lowest BCUT2D eigenvalue weighted by Crippen LogP contribution is -2.49. The van der Waals surface area contributed by atoms with Gasteiger partial charge >= 0.3 is 6.18 Å². The van der Waals surface area contributed by atoms with Crippen LogP contribution in [0.1, 0.15) is 34.5 Å². The number of benzene rings is 2. The van der Waals surface area contributed by atoms with E-state index < -0.39 is 35.5 Å². The number of morpholine rings is 1. The first-order chi connectivity index (χ1) is 16.6. The molecule has 35 heavy (non-hydrogen) atoms. The van der Waals surface area contributed by atoms with Gasteiger partial charge in [0, 0.05) is 23.9 Å². The van der Waals surface area contributed by atoms with Crippen LogP contribution in [0.25, 0.3) is 21.8 Å². The summed E-state index contributed by atoms with van der Waals surface area (Å²) in [6.45, 7) is 2.03. The number of anilines is 1. The topological polar surface area (TPSA) is 86.3 Å². The molecule has 2 atom stereocenters. The smallest absolute Gasteiger partial charge is 0.382 e. The summed E-state index contributed by atoms with van der Waals surface area (Å²) in [5.41, 5.74) is 6.35. The van der Waals surface area contributed by atoms with Crippen molar-refractivity contribution in [3.05, 3.63) is 65.1 Å². The number of aryl methyl sites for hydroxylation is 1. The van der Waals surface area contributed by atoms with Gasteiger partial charge in [-0.05, 0) is 30.7 Å². The third-order valence-corrected chi connectivity index (χ3v) is 6.33. The van der Waals surface area contributed by atoms with Gasteiger partial charge in [-0.25, -0.2) is 9.37 Å². The number of amides is 1. The second kappa shape index (κ2) is 8.19. The fourth-order valence-corrected chi connectivity index (χ4v) is 4.61. The van der Waals surface area contributed by atoms with Crippen molar-refractivity contribution in [2.45, 2.75) is 25.2 Å². The van der Waals surface area contributed by atoms with Crippen LogP contribution in [-0.4, -0.2) is 44.8 Å². The van der Waals surface area contributed by atoms with Gasteiger partial charge in [0.2, 0.25) is 0 Å². The van der Waals surface area contributed by atoms with Crippen LogP contribution in [0.4, 0.5) is 23.4 Å². The Labute approximate surface area is 197 Å². The molecule has 0 aliphatic carbocycles. The molecular weight excluding hydrogens is 466 g/mol. The lowest BCUT2D eigenvalue weighted by atomic mass is 9.98. The number of pyridine rings is 1. The predicted octanol–water partition coefficient (Wildman–Crippen LogP) is 4.46. The highest BCUT2D eigenvalue weighted by Crippen LogP contribution is 2.35. The molecule has 0 bridgehead atoms. The van der Waals surface area contributed by atoms with Crippen LogP contribution in [0.5, 0.6) is 0 Å². The molecule has 182 valence electrons. The van der Waals surface area contributed by atoms with Crippen molar-refractivity contribution in [2.75, 3.05) is 18.9 Å². The van der Waals surface area contributed by atoms with Crippen molar-refractivity contribution in [3.8, 4) is 0 Å². The Bertz CT molecular complexity index is 1450. The van der Waals surface area contributed by atoms with E-state index in [1.807, 2.05) is 0 Å². The molecule has 4 aromatic rings. The third-order valence-electron chi connectivity index (χ3n) is 6.33. The van der Waals surface area contributed by atoms with Gasteiger partial charge < -0.3 is 15.4 Å². The Morgan fingerprint density at radius 1 is 1.14 bits per heavy atom. The number of fused-ring (bicyclic) bond motifs is 3. The minimum atomic E-state index is -4.48. The highest BCUT2D eigenvalue weighted by Gasteiger charge is 2.36. The number of aromatic nitrogens is 3. The van der Waals surface area contributed by atoms with E-state index in [0.29, 0.717) is 21.9 Å². The highest BCUT2D eigenvalue weighted by atomic mass is 19.4. The van der Waals surface area contributed by atoms with Crippen LogP contribution >= 0.6 is 0 Å². The Morgan fingerprint density at radius 2 is 1.86 bits per heavy atom. The van der Waals surface area contributed by atoms with Gasteiger partial charge in [0.25, 0.3) is 5.91 Å². The van der Waals surface area contributed by atoms with Gasteiger partial charge in [-0.15, -0.1) is 0 Å². The number of hydrogen-bond acceptors (Lipinski definition) is 5. The zero-order valence-electron chi connectivity index (χ0n) is 18.8. The molecule has 0 radical (unpaired) electrons. The number of ether oxygens (including phenoxy) is 1. The standard InChI is InChI=1S/C24H21F4N5O2/c1-12-10-35-11-20(13-3-5-14(6-4-13)24(26,27)28)33(12)23(34)16-7-15-17-9-30-32(2)21(17)22(29)31-19(15)8-18(16)25/h3-9,12,20H,10-11H2,1-2H3,(H2,29,31)/t12-,20-/m1/s1. The lowest BCUT2D eigenvalue weighted by molar-refractivity contribution is -0.137. The predicted molar refractivity (Wildman–Crippen MR) is 121 cm³/mol. The number of rotatable bonds is 2. The first-order valence-electron chi connectivity index (χ1n) is 10.8. The number of carbonyl (C=O) groups excluding carboxylic acids is 1. The monoisotopic (exact) mass is 487 g/mol. The van der Waals surface area contributed by atoms with Gasteiger partial charge in [-0.2, -0.15) is 18.3 Å². The number of nitrogens with zero attached hydrogens (tertiary/aromatic N) is 4. The highest BCUT2D eigenvalue weighted by molar-refractivity contribution is 6.10. The van der Waals surface area contributed by atoms with Crippen molar-refractivity contribution in [1.82, 2.24) is 19.7 Å². The molecular formula is C24H21F4N5O2. The molecule has 1 amide bonds. The van der Waals surface area contributed by atoms with E-state index in [2.05, 4.69) is 10.1 Å². The molecule has 2 aromatic carbocycles. The molecule has 1 aliphatic heterocycles. The number of nitrogens with two attached hydrogens (primary N) is 1. The fourth-order valence-electron chi connectivity index (χ4n) is 4.61. The van der Waals surface area contributed by atoms with E-state index in [9.17, 15) is 18.0 Å². The first kappa shape index (κ1) is 23.0. The molecule has 11 heteroatoms. The summed E-state index contributed by atoms with van der Waals surface area (Å²) in [5, 5.41) is 5.33. The van der Waals surface area contributed by atoms with E-state index in [1.54, 1.807) is 24.9 Å². The van der Waals surface area contributed by atoms with Gasteiger partial charge in [0.1, 0.15) is 17.2 Å². The molecule has 1 saturated heterocycles. The van der Waals surface area contributed by atoms with E-state index >= 15 is 4.39 Å². The summed E-state index contributed by atoms with van der Waals surface area (Å²) in [5.74, 6) is -1.18. The maximum atomic E-state index is 15.2. The van der Waals surface area contributed by atoms with E-state index in [1.165, 1.54) is 23.1 Å². The molecule has 2 aromatic heterocycles. The molecule has 3 heterocycles. The Balaban J connectivity index is 1.59. The number of hydrogen-bond donors (Lipinski definition) is 1. The van der Waals surface area contributed by atoms with Crippen molar-refractivity contribution < 1.29 is 27.1 Å². The molecule has 7 nitrogen and oxygen atoms in total. The minimum Gasteiger partial charge on any atom is -0.382 e. The number of alkyl halides is 3. The number of nitrogen functional groups attached to an aromatic ring is 1. The number of carbonyl (C=O) groups is 1. The minimum absolute atomic E-state index is 0.0710. The van der Waals surface area contributed by atoms with Crippen LogP contribution in [0.2, 0.25) is 0 Å². The molecule has 1 aliphatic rings. The maximum Gasteiger partial charge on any atom is 0.416 e. The number of halogens is 4. The fraction of sp³-hybridized carbons (Fsp3) is 0.292. The van der Waals surface area contributed by atoms with E-state index in [-0.39, 0.29) is 30.1 Å². The van der Waals surface area contributed by atoms with Crippen LogP contribution in [0.15, 0.2) is 42.6 Å². The van der Waals surface area contributed by atoms with Crippen molar-refractivity contribution in [1.29, 1.82) is 0 Å². The second-order valence-electron chi connectivity index (χ2n) is 8.61. The summed E-state index contributed by atoms with van der Waals surface area (Å²) in [6, 6.07) is 6.01. The molecule has 5 rings (SSSR count). The zero-order valence-corrected chi connectivity index (χ0v) is 18.8. The lowest BCUT2D eigenvalue weighted by Gasteiger charge is -2.41. The SMILES string of the molecule is C[C@@H]1COC[C@H](c2ccc(C(F)(F)F)cc2)N1C(=O)c1cc2c(cc1F)nc(N)c1c2cnn1C. The van der Waals surface area contributed by atoms with Crippen molar-refractivity contribution in [2.24, 2.45) is 7.05 Å². The Hall–Kier alpha value is -3.73. The van der Waals surface area contributed by atoms with Crippen molar-refractivity contribution in [3.63, 3.8) is 0 Å². The summed E-state index contributed by atoms with van der Waals surface area (Å²) < 4.78 is 61.4. The van der Waals surface area contributed by atoms with E-state index in [0.717, 1.165) is 18.2 Å². The van der Waals surface area contributed by atoms with Gasteiger partial charge in [0.15, 0.2) is 0 Å². The summed E-state index contributed by atoms with van der Waals surface area (Å²) in [7, 11) is 1.70. The first-order valence-corrected chi connectivity index (χ1v) is 10.8.